The molecule has 0 radical (unpaired) electrons. The molecule has 21 heavy (non-hydrogen) atoms. The van der Waals surface area contributed by atoms with Crippen LogP contribution >= 0.6 is 23.2 Å². The van der Waals surface area contributed by atoms with Gasteiger partial charge in [-0.25, -0.2) is 13.4 Å². The molecule has 0 aliphatic heterocycles. The van der Waals surface area contributed by atoms with Crippen molar-refractivity contribution in [2.45, 2.75) is 12.5 Å². The zero-order chi connectivity index (χ0) is 15.6. The van der Waals surface area contributed by atoms with Gasteiger partial charge in [0.15, 0.2) is 0 Å². The Labute approximate surface area is 133 Å². The van der Waals surface area contributed by atoms with Crippen LogP contribution in [0.3, 0.4) is 0 Å². The second-order valence-electron chi connectivity index (χ2n) is 4.81. The molecular weight excluding hydrogens is 333 g/mol. The number of nitrogens with one attached hydrogen (secondary N) is 1. The van der Waals surface area contributed by atoms with Crippen LogP contribution in [0.15, 0.2) is 24.4 Å². The van der Waals surface area contributed by atoms with Crippen LogP contribution in [0.2, 0.25) is 10.0 Å². The van der Waals surface area contributed by atoms with Crippen molar-refractivity contribution >= 4 is 33.0 Å². The first kappa shape index (κ1) is 16.3. The van der Waals surface area contributed by atoms with Crippen molar-refractivity contribution in [2.75, 3.05) is 12.0 Å². The summed E-state index contributed by atoms with van der Waals surface area (Å²) in [7, 11) is -3.05. The van der Waals surface area contributed by atoms with Gasteiger partial charge in [0.1, 0.15) is 15.7 Å². The summed E-state index contributed by atoms with van der Waals surface area (Å²) in [6, 6.07) is 4.82. The molecule has 8 heteroatoms. The van der Waals surface area contributed by atoms with Gasteiger partial charge in [-0.2, -0.15) is 0 Å². The lowest BCUT2D eigenvalue weighted by Gasteiger charge is -2.08. The maximum atomic E-state index is 11.2. The third-order valence-corrected chi connectivity index (χ3v) is 4.78. The molecule has 0 saturated carbocycles. The molecule has 114 valence electrons. The molecule has 0 bridgehead atoms. The first-order chi connectivity index (χ1) is 9.78. The Morgan fingerprint density at radius 1 is 1.38 bits per heavy atom. The molecule has 3 N–H and O–H groups in total. The first-order valence-electron chi connectivity index (χ1n) is 6.20. The highest BCUT2D eigenvalue weighted by Crippen LogP contribution is 2.32. The standard InChI is InChI=1S/C13H15Cl2N3O2S/c1-21(19,20)6-5-10(16)13-17-7-11(18-13)8-3-2-4-9(14)12(8)15/h2-4,7,10H,5-6,16H2,1H3,(H,17,18). The molecule has 1 aromatic heterocycles. The summed E-state index contributed by atoms with van der Waals surface area (Å²) in [4.78, 5) is 7.25. The van der Waals surface area contributed by atoms with Crippen molar-refractivity contribution in [1.82, 2.24) is 9.97 Å². The number of nitrogens with zero attached hydrogens (tertiary/aromatic N) is 1. The third kappa shape index (κ3) is 4.20. The van der Waals surface area contributed by atoms with Gasteiger partial charge in [0.05, 0.1) is 33.7 Å². The van der Waals surface area contributed by atoms with E-state index in [1.807, 2.05) is 6.07 Å². The first-order valence-corrected chi connectivity index (χ1v) is 9.02. The van der Waals surface area contributed by atoms with Crippen LogP contribution in [-0.2, 0) is 9.84 Å². The number of aromatic nitrogens is 2. The number of imidazole rings is 1. The summed E-state index contributed by atoms with van der Waals surface area (Å²) in [6.45, 7) is 0. The van der Waals surface area contributed by atoms with E-state index in [0.29, 0.717) is 28.0 Å². The second kappa shape index (κ2) is 6.36. The fourth-order valence-electron chi connectivity index (χ4n) is 1.85. The minimum absolute atomic E-state index is 0.0160. The predicted molar refractivity (Wildman–Crippen MR) is 85.3 cm³/mol. The van der Waals surface area contributed by atoms with Crippen LogP contribution in [-0.4, -0.2) is 30.4 Å². The van der Waals surface area contributed by atoms with E-state index in [0.717, 1.165) is 5.56 Å². The highest BCUT2D eigenvalue weighted by molar-refractivity contribution is 7.90. The molecule has 0 aliphatic rings. The molecule has 1 atom stereocenters. The number of H-pyrrole nitrogens is 1. The van der Waals surface area contributed by atoms with Crippen molar-refractivity contribution in [2.24, 2.45) is 5.73 Å². The van der Waals surface area contributed by atoms with E-state index < -0.39 is 15.9 Å². The Morgan fingerprint density at radius 3 is 2.76 bits per heavy atom. The molecule has 0 fully saturated rings. The minimum Gasteiger partial charge on any atom is -0.341 e. The van der Waals surface area contributed by atoms with Gasteiger partial charge in [-0.05, 0) is 12.5 Å². The number of rotatable bonds is 5. The zero-order valence-electron chi connectivity index (χ0n) is 11.3. The minimum atomic E-state index is -3.05. The molecule has 0 saturated heterocycles. The molecular formula is C13H15Cl2N3O2S. The predicted octanol–water partition coefficient (Wildman–Crippen LogP) is 2.82. The van der Waals surface area contributed by atoms with Gasteiger partial charge in [-0.3, -0.25) is 0 Å². The number of hydrogen-bond donors (Lipinski definition) is 2. The van der Waals surface area contributed by atoms with Crippen LogP contribution in [0.25, 0.3) is 11.3 Å². The van der Waals surface area contributed by atoms with Crippen molar-refractivity contribution < 1.29 is 8.42 Å². The Morgan fingerprint density at radius 2 is 2.10 bits per heavy atom. The van der Waals surface area contributed by atoms with Gasteiger partial charge in [-0.15, -0.1) is 0 Å². The van der Waals surface area contributed by atoms with E-state index in [1.165, 1.54) is 6.26 Å². The van der Waals surface area contributed by atoms with Crippen LogP contribution in [0.5, 0.6) is 0 Å². The Bertz CT molecular complexity index is 744. The number of benzene rings is 1. The molecule has 5 nitrogen and oxygen atoms in total. The molecule has 1 heterocycles. The molecule has 2 rings (SSSR count). The fourth-order valence-corrected chi connectivity index (χ4v) is 2.94. The fraction of sp³-hybridized carbons (Fsp3) is 0.308. The van der Waals surface area contributed by atoms with E-state index in [-0.39, 0.29) is 5.75 Å². The summed E-state index contributed by atoms with van der Waals surface area (Å²) >= 11 is 12.1. The SMILES string of the molecule is CS(=O)(=O)CCC(N)c1ncc(-c2cccc(Cl)c2Cl)[nH]1. The van der Waals surface area contributed by atoms with Crippen molar-refractivity contribution in [1.29, 1.82) is 0 Å². The normalized spacial score (nSPS) is 13.3. The van der Waals surface area contributed by atoms with E-state index in [1.54, 1.807) is 18.3 Å². The monoisotopic (exact) mass is 347 g/mol. The number of halogens is 2. The Kier molecular flexibility index (Phi) is 4.93. The Hall–Kier alpha value is -1.08. The van der Waals surface area contributed by atoms with Gasteiger partial charge >= 0.3 is 0 Å². The van der Waals surface area contributed by atoms with Crippen molar-refractivity contribution in [3.63, 3.8) is 0 Å². The lowest BCUT2D eigenvalue weighted by atomic mass is 10.2. The van der Waals surface area contributed by atoms with Gasteiger partial charge in [0.2, 0.25) is 0 Å². The van der Waals surface area contributed by atoms with Crippen LogP contribution < -0.4 is 5.73 Å². The summed E-state index contributed by atoms with van der Waals surface area (Å²) in [5.74, 6) is 0.534. The highest BCUT2D eigenvalue weighted by atomic mass is 35.5. The molecule has 0 aliphatic carbocycles. The number of sulfone groups is 1. The number of nitrogens with two attached hydrogens (primary N) is 1. The van der Waals surface area contributed by atoms with Gasteiger partial charge in [0, 0.05) is 11.8 Å². The summed E-state index contributed by atoms with van der Waals surface area (Å²) in [5, 5.41) is 0.880. The molecule has 2 aromatic rings. The van der Waals surface area contributed by atoms with Gasteiger partial charge < -0.3 is 10.7 Å². The number of hydrogen-bond acceptors (Lipinski definition) is 4. The maximum Gasteiger partial charge on any atom is 0.147 e. The topological polar surface area (TPSA) is 88.8 Å². The van der Waals surface area contributed by atoms with Gasteiger partial charge in [-0.1, -0.05) is 35.3 Å². The van der Waals surface area contributed by atoms with E-state index in [4.69, 9.17) is 28.9 Å². The summed E-state index contributed by atoms with van der Waals surface area (Å²) in [5.41, 5.74) is 7.35. The maximum absolute atomic E-state index is 11.2. The second-order valence-corrected chi connectivity index (χ2v) is 7.85. The van der Waals surface area contributed by atoms with Crippen molar-refractivity contribution in [3.8, 4) is 11.3 Å². The quantitative estimate of drug-likeness (QED) is 0.870. The molecule has 0 spiro atoms. The van der Waals surface area contributed by atoms with Crippen LogP contribution in [0.1, 0.15) is 18.3 Å². The van der Waals surface area contributed by atoms with Crippen molar-refractivity contribution in [3.05, 3.63) is 40.3 Å². The number of aromatic amines is 1. The van der Waals surface area contributed by atoms with Gasteiger partial charge in [0.25, 0.3) is 0 Å². The molecule has 0 amide bonds. The zero-order valence-corrected chi connectivity index (χ0v) is 13.6. The summed E-state index contributed by atoms with van der Waals surface area (Å²) < 4.78 is 22.3. The average molecular weight is 348 g/mol. The molecule has 1 aromatic carbocycles. The van der Waals surface area contributed by atoms with Crippen LogP contribution in [0.4, 0.5) is 0 Å². The average Bonchev–Trinajstić information content (AvgIpc) is 2.88. The van der Waals surface area contributed by atoms with E-state index >= 15 is 0 Å². The molecule has 1 unspecified atom stereocenters. The lowest BCUT2D eigenvalue weighted by Crippen LogP contribution is -2.16. The smallest absolute Gasteiger partial charge is 0.147 e. The largest absolute Gasteiger partial charge is 0.341 e. The highest BCUT2D eigenvalue weighted by Gasteiger charge is 2.15. The third-order valence-electron chi connectivity index (χ3n) is 2.99. The Balaban J connectivity index is 2.20. The lowest BCUT2D eigenvalue weighted by molar-refractivity contribution is 0.588. The van der Waals surface area contributed by atoms with E-state index in [2.05, 4.69) is 9.97 Å². The van der Waals surface area contributed by atoms with E-state index in [9.17, 15) is 8.42 Å². The van der Waals surface area contributed by atoms with Crippen LogP contribution in [0, 0.1) is 0 Å². The summed E-state index contributed by atoms with van der Waals surface area (Å²) in [6.07, 6.45) is 3.08.